The van der Waals surface area contributed by atoms with Gasteiger partial charge in [0, 0.05) is 19.2 Å². The number of benzene rings is 1. The van der Waals surface area contributed by atoms with Gasteiger partial charge in [0.15, 0.2) is 0 Å². The van der Waals surface area contributed by atoms with Crippen LogP contribution in [0.5, 0.6) is 0 Å². The quantitative estimate of drug-likeness (QED) is 0.405. The summed E-state index contributed by atoms with van der Waals surface area (Å²) in [6.45, 7) is 5.47. The van der Waals surface area contributed by atoms with Gasteiger partial charge in [-0.1, -0.05) is 17.3 Å². The second-order valence-electron chi connectivity index (χ2n) is 7.69. The second kappa shape index (κ2) is 7.81. The van der Waals surface area contributed by atoms with Gasteiger partial charge in [-0.15, -0.1) is 0 Å². The van der Waals surface area contributed by atoms with E-state index in [4.69, 9.17) is 8.94 Å². The Bertz CT molecular complexity index is 1300. The van der Waals surface area contributed by atoms with Crippen LogP contribution >= 0.6 is 0 Å². The Labute approximate surface area is 181 Å². The third-order valence-corrected chi connectivity index (χ3v) is 5.21. The lowest BCUT2D eigenvalue weighted by Crippen LogP contribution is -2.26. The highest BCUT2D eigenvalue weighted by molar-refractivity contribution is 6.06. The molecule has 0 unspecified atom stereocenters. The van der Waals surface area contributed by atoms with Crippen LogP contribution in [0.2, 0.25) is 0 Å². The highest BCUT2D eigenvalue weighted by Crippen LogP contribution is 2.32. The molecule has 3 heterocycles. The SMILES string of the molecule is Cc1cc(-c2cc(C(=O)N(C)Cc3ccc(C(F)(F)F)cc3)c3c(C)noc3n2)c(C)o1. The zero-order valence-electron chi connectivity index (χ0n) is 17.9. The second-order valence-corrected chi connectivity index (χ2v) is 7.69. The maximum absolute atomic E-state index is 13.3. The maximum Gasteiger partial charge on any atom is 0.416 e. The zero-order valence-corrected chi connectivity index (χ0v) is 17.9. The minimum atomic E-state index is -4.41. The number of amides is 1. The minimum absolute atomic E-state index is 0.129. The third kappa shape index (κ3) is 3.98. The van der Waals surface area contributed by atoms with Crippen LogP contribution in [0.1, 0.15) is 38.7 Å². The number of carbonyl (C=O) groups excluding carboxylic acids is 1. The van der Waals surface area contributed by atoms with E-state index in [1.165, 1.54) is 17.0 Å². The average Bonchev–Trinajstić information content (AvgIpc) is 3.27. The number of hydrogen-bond donors (Lipinski definition) is 0. The first-order chi connectivity index (χ1) is 15.0. The van der Waals surface area contributed by atoms with Crippen LogP contribution in [0.25, 0.3) is 22.4 Å². The molecular weight excluding hydrogens is 423 g/mol. The van der Waals surface area contributed by atoms with Gasteiger partial charge in [0.25, 0.3) is 11.6 Å². The molecule has 4 rings (SSSR count). The summed E-state index contributed by atoms with van der Waals surface area (Å²) in [5, 5.41) is 4.44. The lowest BCUT2D eigenvalue weighted by atomic mass is 10.0. The molecule has 4 aromatic rings. The number of rotatable bonds is 4. The Kier molecular flexibility index (Phi) is 5.28. The Morgan fingerprint density at radius 3 is 2.38 bits per heavy atom. The number of halogens is 3. The van der Waals surface area contributed by atoms with Crippen molar-refractivity contribution in [2.75, 3.05) is 7.05 Å². The summed E-state index contributed by atoms with van der Waals surface area (Å²) in [5.74, 6) is 1.03. The zero-order chi connectivity index (χ0) is 23.2. The fourth-order valence-electron chi connectivity index (χ4n) is 3.64. The van der Waals surface area contributed by atoms with Crippen molar-refractivity contribution in [3.05, 3.63) is 70.3 Å². The van der Waals surface area contributed by atoms with E-state index < -0.39 is 11.7 Å². The number of aryl methyl sites for hydroxylation is 3. The van der Waals surface area contributed by atoms with E-state index in [1.807, 2.05) is 13.0 Å². The summed E-state index contributed by atoms with van der Waals surface area (Å²) in [7, 11) is 1.59. The summed E-state index contributed by atoms with van der Waals surface area (Å²) in [4.78, 5) is 19.3. The van der Waals surface area contributed by atoms with Crippen molar-refractivity contribution in [3.63, 3.8) is 0 Å². The highest BCUT2D eigenvalue weighted by Gasteiger charge is 2.30. The molecular formula is C23H20F3N3O3. The van der Waals surface area contributed by atoms with Crippen molar-refractivity contribution < 1.29 is 26.9 Å². The first-order valence-corrected chi connectivity index (χ1v) is 9.80. The summed E-state index contributed by atoms with van der Waals surface area (Å²) in [6, 6.07) is 8.22. The normalized spacial score (nSPS) is 11.8. The predicted molar refractivity (Wildman–Crippen MR) is 111 cm³/mol. The smallest absolute Gasteiger partial charge is 0.416 e. The summed E-state index contributed by atoms with van der Waals surface area (Å²) in [6.07, 6.45) is -4.41. The maximum atomic E-state index is 13.3. The minimum Gasteiger partial charge on any atom is -0.466 e. The molecule has 1 amide bonds. The summed E-state index contributed by atoms with van der Waals surface area (Å²) in [5.41, 5.74) is 2.17. The number of pyridine rings is 1. The number of hydrogen-bond acceptors (Lipinski definition) is 5. The molecule has 0 radical (unpaired) electrons. The van der Waals surface area contributed by atoms with E-state index in [-0.39, 0.29) is 18.2 Å². The fourth-order valence-corrected chi connectivity index (χ4v) is 3.64. The molecule has 0 atom stereocenters. The first-order valence-electron chi connectivity index (χ1n) is 9.80. The Hall–Kier alpha value is -3.62. The van der Waals surface area contributed by atoms with E-state index in [0.29, 0.717) is 39.4 Å². The van der Waals surface area contributed by atoms with Gasteiger partial charge < -0.3 is 13.8 Å². The van der Waals surface area contributed by atoms with Crippen molar-refractivity contribution in [2.45, 2.75) is 33.5 Å². The van der Waals surface area contributed by atoms with Crippen molar-refractivity contribution >= 4 is 17.0 Å². The van der Waals surface area contributed by atoms with Gasteiger partial charge in [0.05, 0.1) is 27.9 Å². The molecule has 9 heteroatoms. The van der Waals surface area contributed by atoms with E-state index in [2.05, 4.69) is 10.1 Å². The van der Waals surface area contributed by atoms with Gasteiger partial charge in [-0.25, -0.2) is 4.98 Å². The Balaban J connectivity index is 1.69. The molecule has 3 aromatic heterocycles. The van der Waals surface area contributed by atoms with Gasteiger partial charge in [-0.05, 0) is 50.6 Å². The molecule has 0 N–H and O–H groups in total. The average molecular weight is 443 g/mol. The molecule has 0 saturated heterocycles. The molecule has 166 valence electrons. The van der Waals surface area contributed by atoms with Crippen LogP contribution in [-0.2, 0) is 12.7 Å². The van der Waals surface area contributed by atoms with Crippen molar-refractivity contribution in [3.8, 4) is 11.3 Å². The molecule has 0 aliphatic rings. The standard InChI is InChI=1S/C23H20F3N3O3/c1-12-9-17(14(3)31-12)19-10-18(20-13(2)28-32-21(20)27-19)22(30)29(4)11-15-5-7-16(8-6-15)23(24,25)26/h5-10H,11H2,1-4H3. The number of furan rings is 1. The van der Waals surface area contributed by atoms with Crippen LogP contribution in [0.3, 0.4) is 0 Å². The van der Waals surface area contributed by atoms with Crippen LogP contribution in [-0.4, -0.2) is 28.0 Å². The molecule has 6 nitrogen and oxygen atoms in total. The van der Waals surface area contributed by atoms with Crippen LogP contribution < -0.4 is 0 Å². The number of fused-ring (bicyclic) bond motifs is 1. The molecule has 1 aromatic carbocycles. The van der Waals surface area contributed by atoms with Crippen LogP contribution in [0.15, 0.2) is 45.3 Å². The van der Waals surface area contributed by atoms with Crippen molar-refractivity contribution in [2.24, 2.45) is 0 Å². The van der Waals surface area contributed by atoms with Gasteiger partial charge in [0.2, 0.25) is 0 Å². The van der Waals surface area contributed by atoms with Gasteiger partial charge in [-0.2, -0.15) is 13.2 Å². The third-order valence-electron chi connectivity index (χ3n) is 5.21. The molecule has 0 aliphatic carbocycles. The lowest BCUT2D eigenvalue weighted by molar-refractivity contribution is -0.137. The first kappa shape index (κ1) is 21.6. The fraction of sp³-hybridized carbons (Fsp3) is 0.261. The van der Waals surface area contributed by atoms with E-state index >= 15 is 0 Å². The summed E-state index contributed by atoms with van der Waals surface area (Å²) >= 11 is 0. The van der Waals surface area contributed by atoms with E-state index in [9.17, 15) is 18.0 Å². The van der Waals surface area contributed by atoms with Crippen LogP contribution in [0, 0.1) is 20.8 Å². The number of carbonyl (C=O) groups is 1. The Morgan fingerprint density at radius 1 is 1.09 bits per heavy atom. The molecule has 0 aliphatic heterocycles. The summed E-state index contributed by atoms with van der Waals surface area (Å²) < 4.78 is 49.3. The monoisotopic (exact) mass is 443 g/mol. The number of alkyl halides is 3. The molecule has 0 bridgehead atoms. The van der Waals surface area contributed by atoms with Crippen molar-refractivity contribution in [1.29, 1.82) is 0 Å². The topological polar surface area (TPSA) is 72.4 Å². The predicted octanol–water partition coefficient (Wildman–Crippen LogP) is 5.70. The molecule has 0 fully saturated rings. The van der Waals surface area contributed by atoms with E-state index in [1.54, 1.807) is 27.0 Å². The van der Waals surface area contributed by atoms with Crippen LogP contribution in [0.4, 0.5) is 13.2 Å². The largest absolute Gasteiger partial charge is 0.466 e. The van der Waals surface area contributed by atoms with Crippen molar-refractivity contribution in [1.82, 2.24) is 15.0 Å². The van der Waals surface area contributed by atoms with Gasteiger partial charge in [0.1, 0.15) is 11.5 Å². The molecule has 0 saturated carbocycles. The van der Waals surface area contributed by atoms with E-state index in [0.717, 1.165) is 17.7 Å². The number of nitrogens with zero attached hydrogens (tertiary/aromatic N) is 3. The van der Waals surface area contributed by atoms with Gasteiger partial charge in [-0.3, -0.25) is 4.79 Å². The molecule has 32 heavy (non-hydrogen) atoms. The highest BCUT2D eigenvalue weighted by atomic mass is 19.4. The Morgan fingerprint density at radius 2 is 1.78 bits per heavy atom. The van der Waals surface area contributed by atoms with Gasteiger partial charge >= 0.3 is 6.18 Å². The lowest BCUT2D eigenvalue weighted by Gasteiger charge is -2.18. The molecule has 0 spiro atoms. The number of aromatic nitrogens is 2.